The quantitative estimate of drug-likeness (QED) is 0.779. The van der Waals surface area contributed by atoms with Crippen LogP contribution in [0.1, 0.15) is 27.2 Å². The van der Waals surface area contributed by atoms with Gasteiger partial charge in [-0.05, 0) is 45.4 Å². The number of hydrogen-bond donors (Lipinski definition) is 1. The number of nitrogens with zero attached hydrogens (tertiary/aromatic N) is 1. The van der Waals surface area contributed by atoms with Gasteiger partial charge in [-0.2, -0.15) is 0 Å². The molecule has 0 bridgehead atoms. The van der Waals surface area contributed by atoms with Crippen molar-refractivity contribution in [1.82, 2.24) is 10.2 Å². The zero-order chi connectivity index (χ0) is 19.3. The number of hydrogen-bond acceptors (Lipinski definition) is 5. The van der Waals surface area contributed by atoms with E-state index in [1.165, 1.54) is 0 Å². The molecule has 1 N–H and O–H groups in total. The summed E-state index contributed by atoms with van der Waals surface area (Å²) in [6.45, 7) is 6.35. The molecule has 26 heavy (non-hydrogen) atoms. The molecule has 0 aromatic heterocycles. The van der Waals surface area contributed by atoms with E-state index in [2.05, 4.69) is 21.2 Å². The molecule has 144 valence electrons. The van der Waals surface area contributed by atoms with Crippen LogP contribution in [0.5, 0.6) is 11.5 Å². The molecule has 1 unspecified atom stereocenters. The number of rotatable bonds is 5. The van der Waals surface area contributed by atoms with E-state index in [0.29, 0.717) is 31.0 Å². The van der Waals surface area contributed by atoms with Gasteiger partial charge in [0.15, 0.2) is 18.1 Å². The van der Waals surface area contributed by atoms with Crippen LogP contribution in [0.3, 0.4) is 0 Å². The second-order valence-electron chi connectivity index (χ2n) is 7.06. The van der Waals surface area contributed by atoms with Crippen LogP contribution in [0.4, 0.5) is 4.79 Å². The van der Waals surface area contributed by atoms with Crippen LogP contribution >= 0.6 is 15.9 Å². The predicted molar refractivity (Wildman–Crippen MR) is 101 cm³/mol. The number of carbonyl (C=O) groups excluding carboxylic acids is 2. The zero-order valence-electron chi connectivity index (χ0n) is 15.5. The molecule has 1 fully saturated rings. The molecule has 1 atom stereocenters. The fourth-order valence-corrected chi connectivity index (χ4v) is 2.88. The number of halogens is 1. The third-order valence-electron chi connectivity index (χ3n) is 3.69. The van der Waals surface area contributed by atoms with Crippen molar-refractivity contribution < 1.29 is 23.8 Å². The SMILES string of the molecule is COc1cc(Br)ccc1OCC(=O)NC1CCN(C(=O)OC(C)(C)C)C1. The van der Waals surface area contributed by atoms with Crippen molar-refractivity contribution >= 4 is 27.9 Å². The number of carbonyl (C=O) groups is 2. The molecule has 1 aromatic rings. The van der Waals surface area contributed by atoms with Gasteiger partial charge in [-0.25, -0.2) is 4.79 Å². The van der Waals surface area contributed by atoms with Crippen LogP contribution in [0.15, 0.2) is 22.7 Å². The van der Waals surface area contributed by atoms with Gasteiger partial charge in [0.25, 0.3) is 5.91 Å². The normalized spacial score (nSPS) is 17.0. The van der Waals surface area contributed by atoms with Crippen molar-refractivity contribution in [2.24, 2.45) is 0 Å². The summed E-state index contributed by atoms with van der Waals surface area (Å²) in [5.74, 6) is 0.794. The molecule has 0 saturated carbocycles. The largest absolute Gasteiger partial charge is 0.493 e. The minimum atomic E-state index is -0.532. The molecular weight excluding hydrogens is 404 g/mol. The van der Waals surface area contributed by atoms with E-state index in [4.69, 9.17) is 14.2 Å². The first-order valence-electron chi connectivity index (χ1n) is 8.41. The zero-order valence-corrected chi connectivity index (χ0v) is 17.1. The fraction of sp³-hybridized carbons (Fsp3) is 0.556. The van der Waals surface area contributed by atoms with Crippen LogP contribution in [-0.2, 0) is 9.53 Å². The topological polar surface area (TPSA) is 77.1 Å². The van der Waals surface area contributed by atoms with E-state index in [1.807, 2.05) is 26.8 Å². The smallest absolute Gasteiger partial charge is 0.410 e. The second-order valence-corrected chi connectivity index (χ2v) is 7.98. The number of nitrogens with one attached hydrogen (secondary N) is 1. The van der Waals surface area contributed by atoms with Crippen molar-refractivity contribution in [3.05, 3.63) is 22.7 Å². The van der Waals surface area contributed by atoms with Gasteiger partial charge in [0, 0.05) is 23.6 Å². The lowest BCUT2D eigenvalue weighted by Gasteiger charge is -2.24. The molecule has 2 amide bonds. The summed E-state index contributed by atoms with van der Waals surface area (Å²) in [5, 5.41) is 2.88. The monoisotopic (exact) mass is 428 g/mol. The minimum absolute atomic E-state index is 0.106. The summed E-state index contributed by atoms with van der Waals surface area (Å²) >= 11 is 3.35. The molecule has 2 rings (SSSR count). The maximum absolute atomic E-state index is 12.1. The van der Waals surface area contributed by atoms with Crippen molar-refractivity contribution in [3.8, 4) is 11.5 Å². The van der Waals surface area contributed by atoms with Crippen molar-refractivity contribution in [3.63, 3.8) is 0 Å². The Labute approximate surface area is 162 Å². The van der Waals surface area contributed by atoms with E-state index < -0.39 is 5.60 Å². The van der Waals surface area contributed by atoms with E-state index in [9.17, 15) is 9.59 Å². The molecule has 0 radical (unpaired) electrons. The summed E-state index contributed by atoms with van der Waals surface area (Å²) in [5.41, 5.74) is -0.532. The van der Waals surface area contributed by atoms with Crippen LogP contribution in [0.2, 0.25) is 0 Å². The average molecular weight is 429 g/mol. The summed E-state index contributed by atoms with van der Waals surface area (Å²) < 4.78 is 17.0. The summed E-state index contributed by atoms with van der Waals surface area (Å²) in [4.78, 5) is 25.8. The Hall–Kier alpha value is -1.96. The van der Waals surface area contributed by atoms with Crippen molar-refractivity contribution in [1.29, 1.82) is 0 Å². The molecular formula is C18H25BrN2O5. The van der Waals surface area contributed by atoms with Gasteiger partial charge in [0.2, 0.25) is 0 Å². The highest BCUT2D eigenvalue weighted by atomic mass is 79.9. The van der Waals surface area contributed by atoms with Gasteiger partial charge >= 0.3 is 6.09 Å². The third kappa shape index (κ3) is 6.09. The summed E-state index contributed by atoms with van der Waals surface area (Å²) in [6.07, 6.45) is 0.331. The van der Waals surface area contributed by atoms with Gasteiger partial charge in [-0.15, -0.1) is 0 Å². The highest BCUT2D eigenvalue weighted by molar-refractivity contribution is 9.10. The van der Waals surface area contributed by atoms with Crippen LogP contribution in [0, 0.1) is 0 Å². The first-order chi connectivity index (χ1) is 12.2. The molecule has 8 heteroatoms. The summed E-state index contributed by atoms with van der Waals surface area (Å²) in [6, 6.07) is 5.20. The highest BCUT2D eigenvalue weighted by Gasteiger charge is 2.30. The Morgan fingerprint density at radius 2 is 2.04 bits per heavy atom. The van der Waals surface area contributed by atoms with Crippen molar-refractivity contribution in [2.45, 2.75) is 38.8 Å². The van der Waals surface area contributed by atoms with E-state index in [1.54, 1.807) is 24.1 Å². The molecule has 0 spiro atoms. The number of likely N-dealkylation sites (tertiary alicyclic amines) is 1. The lowest BCUT2D eigenvalue weighted by Crippen LogP contribution is -2.41. The number of methoxy groups -OCH3 is 1. The number of amides is 2. The van der Waals surface area contributed by atoms with Gasteiger partial charge in [-0.1, -0.05) is 15.9 Å². The van der Waals surface area contributed by atoms with Gasteiger partial charge in [-0.3, -0.25) is 4.79 Å². The third-order valence-corrected chi connectivity index (χ3v) is 4.18. The Balaban J connectivity index is 1.79. The predicted octanol–water partition coefficient (Wildman–Crippen LogP) is 2.96. The van der Waals surface area contributed by atoms with Gasteiger partial charge < -0.3 is 24.4 Å². The Bertz CT molecular complexity index is 659. The molecule has 7 nitrogen and oxygen atoms in total. The molecule has 1 saturated heterocycles. The van der Waals surface area contributed by atoms with Crippen LogP contribution in [-0.4, -0.2) is 55.3 Å². The fourth-order valence-electron chi connectivity index (χ4n) is 2.54. The second kappa shape index (κ2) is 8.62. The molecule has 1 aliphatic heterocycles. The highest BCUT2D eigenvalue weighted by Crippen LogP contribution is 2.30. The molecule has 0 aliphatic carbocycles. The molecule has 1 aliphatic rings. The average Bonchev–Trinajstić information content (AvgIpc) is 3.00. The molecule has 1 heterocycles. The first kappa shape index (κ1) is 20.4. The van der Waals surface area contributed by atoms with Crippen LogP contribution < -0.4 is 14.8 Å². The Morgan fingerprint density at radius 3 is 2.69 bits per heavy atom. The first-order valence-corrected chi connectivity index (χ1v) is 9.21. The summed E-state index contributed by atoms with van der Waals surface area (Å²) in [7, 11) is 1.54. The standard InChI is InChI=1S/C18H25BrN2O5/c1-18(2,3)26-17(23)21-8-7-13(10-21)20-16(22)11-25-14-6-5-12(19)9-15(14)24-4/h5-6,9,13H,7-8,10-11H2,1-4H3,(H,20,22). The maximum Gasteiger partial charge on any atom is 0.410 e. The Kier molecular flexibility index (Phi) is 6.75. The Morgan fingerprint density at radius 1 is 1.31 bits per heavy atom. The number of ether oxygens (including phenoxy) is 3. The number of benzene rings is 1. The lowest BCUT2D eigenvalue weighted by atomic mass is 10.2. The van der Waals surface area contributed by atoms with E-state index >= 15 is 0 Å². The van der Waals surface area contributed by atoms with Gasteiger partial charge in [0.1, 0.15) is 5.60 Å². The minimum Gasteiger partial charge on any atom is -0.493 e. The van der Waals surface area contributed by atoms with E-state index in [-0.39, 0.29) is 24.6 Å². The van der Waals surface area contributed by atoms with E-state index in [0.717, 1.165) is 4.47 Å². The van der Waals surface area contributed by atoms with Gasteiger partial charge in [0.05, 0.1) is 7.11 Å². The van der Waals surface area contributed by atoms with Crippen molar-refractivity contribution in [2.75, 3.05) is 26.8 Å². The molecule has 1 aromatic carbocycles. The lowest BCUT2D eigenvalue weighted by molar-refractivity contribution is -0.123. The maximum atomic E-state index is 12.1. The van der Waals surface area contributed by atoms with Crippen LogP contribution in [0.25, 0.3) is 0 Å².